The van der Waals surface area contributed by atoms with E-state index in [2.05, 4.69) is 10.1 Å². The number of carbonyl (C=O) groups excluding carboxylic acids is 1. The fourth-order valence-electron chi connectivity index (χ4n) is 2.16. The number of carbonyl (C=O) groups is 1. The van der Waals surface area contributed by atoms with Crippen molar-refractivity contribution >= 4 is 5.91 Å². The molecule has 4 nitrogen and oxygen atoms in total. The Morgan fingerprint density at radius 3 is 2.70 bits per heavy atom. The second kappa shape index (κ2) is 6.65. The smallest absolute Gasteiger partial charge is 0.387 e. The molecule has 1 fully saturated rings. The van der Waals surface area contributed by atoms with Crippen molar-refractivity contribution in [1.29, 1.82) is 0 Å². The van der Waals surface area contributed by atoms with Crippen LogP contribution in [-0.4, -0.2) is 25.1 Å². The van der Waals surface area contributed by atoms with Crippen molar-refractivity contribution in [2.45, 2.75) is 31.9 Å². The number of nitrogens with two attached hydrogens (primary N) is 1. The van der Waals surface area contributed by atoms with Gasteiger partial charge in [-0.15, -0.1) is 0 Å². The van der Waals surface area contributed by atoms with Crippen LogP contribution in [0.15, 0.2) is 24.3 Å². The van der Waals surface area contributed by atoms with Gasteiger partial charge in [0.1, 0.15) is 5.75 Å². The summed E-state index contributed by atoms with van der Waals surface area (Å²) in [6.45, 7) is -2.51. The number of ether oxygens (including phenoxy) is 1. The van der Waals surface area contributed by atoms with E-state index in [4.69, 9.17) is 5.73 Å². The van der Waals surface area contributed by atoms with E-state index in [0.717, 1.165) is 12.8 Å². The topological polar surface area (TPSA) is 64.3 Å². The molecule has 0 bridgehead atoms. The summed E-state index contributed by atoms with van der Waals surface area (Å²) >= 11 is 0. The molecule has 0 spiro atoms. The fourth-order valence-corrected chi connectivity index (χ4v) is 2.16. The lowest BCUT2D eigenvalue weighted by molar-refractivity contribution is -0.121. The quantitative estimate of drug-likeness (QED) is 0.800. The Kier molecular flexibility index (Phi) is 4.89. The van der Waals surface area contributed by atoms with Crippen LogP contribution in [0.1, 0.15) is 18.4 Å². The third-order valence-electron chi connectivity index (χ3n) is 3.33. The van der Waals surface area contributed by atoms with Gasteiger partial charge in [-0.25, -0.2) is 0 Å². The Morgan fingerprint density at radius 2 is 2.10 bits per heavy atom. The monoisotopic (exact) mass is 284 g/mol. The van der Waals surface area contributed by atoms with Crippen LogP contribution in [0.4, 0.5) is 8.78 Å². The highest BCUT2D eigenvalue weighted by molar-refractivity contribution is 5.79. The molecular weight excluding hydrogens is 266 g/mol. The van der Waals surface area contributed by atoms with Gasteiger partial charge < -0.3 is 15.8 Å². The van der Waals surface area contributed by atoms with Gasteiger partial charge in [0.2, 0.25) is 5.91 Å². The predicted molar refractivity (Wildman–Crippen MR) is 70.5 cm³/mol. The maximum atomic E-state index is 12.3. The zero-order valence-corrected chi connectivity index (χ0v) is 11.0. The zero-order chi connectivity index (χ0) is 14.5. The average molecular weight is 284 g/mol. The van der Waals surface area contributed by atoms with Gasteiger partial charge in [0, 0.05) is 18.2 Å². The molecule has 0 radical (unpaired) electrons. The molecule has 1 saturated carbocycles. The zero-order valence-electron chi connectivity index (χ0n) is 11.0. The highest BCUT2D eigenvalue weighted by Crippen LogP contribution is 2.32. The molecule has 20 heavy (non-hydrogen) atoms. The Bertz CT molecular complexity index is 464. The maximum absolute atomic E-state index is 12.3. The molecule has 1 aliphatic rings. The van der Waals surface area contributed by atoms with Gasteiger partial charge in [0.15, 0.2) is 0 Å². The number of para-hydroxylation sites is 1. The van der Waals surface area contributed by atoms with Crippen LogP contribution < -0.4 is 15.8 Å². The lowest BCUT2D eigenvalue weighted by Gasteiger charge is -2.16. The summed E-state index contributed by atoms with van der Waals surface area (Å²) in [4.78, 5) is 11.9. The first-order chi connectivity index (χ1) is 9.60. The van der Waals surface area contributed by atoms with Crippen molar-refractivity contribution in [2.24, 2.45) is 11.7 Å². The third-order valence-corrected chi connectivity index (χ3v) is 3.33. The first kappa shape index (κ1) is 14.7. The number of hydrogen-bond acceptors (Lipinski definition) is 3. The minimum Gasteiger partial charge on any atom is -0.435 e. The van der Waals surface area contributed by atoms with Gasteiger partial charge in [-0.05, 0) is 24.8 Å². The van der Waals surface area contributed by atoms with E-state index in [-0.39, 0.29) is 24.1 Å². The molecule has 0 saturated heterocycles. The van der Waals surface area contributed by atoms with Crippen molar-refractivity contribution in [3.63, 3.8) is 0 Å². The molecule has 110 valence electrons. The molecule has 1 aliphatic carbocycles. The average Bonchev–Trinajstić information content (AvgIpc) is 3.22. The molecule has 6 heteroatoms. The fraction of sp³-hybridized carbons (Fsp3) is 0.500. The molecule has 0 aromatic heterocycles. The third kappa shape index (κ3) is 4.16. The van der Waals surface area contributed by atoms with E-state index < -0.39 is 6.61 Å². The molecule has 1 unspecified atom stereocenters. The van der Waals surface area contributed by atoms with E-state index in [1.54, 1.807) is 18.2 Å². The Morgan fingerprint density at radius 1 is 1.40 bits per heavy atom. The lowest BCUT2D eigenvalue weighted by atomic mass is 10.1. The van der Waals surface area contributed by atoms with Crippen molar-refractivity contribution in [3.05, 3.63) is 29.8 Å². The molecule has 1 aromatic carbocycles. The molecule has 2 rings (SSSR count). The van der Waals surface area contributed by atoms with Gasteiger partial charge in [0.25, 0.3) is 0 Å². The second-order valence-electron chi connectivity index (χ2n) is 4.91. The van der Waals surface area contributed by atoms with Crippen molar-refractivity contribution in [3.8, 4) is 5.75 Å². The van der Waals surface area contributed by atoms with Crippen molar-refractivity contribution in [1.82, 2.24) is 5.32 Å². The Hall–Kier alpha value is -1.69. The van der Waals surface area contributed by atoms with E-state index in [1.807, 2.05) is 0 Å². The summed E-state index contributed by atoms with van der Waals surface area (Å²) in [5.41, 5.74) is 6.05. The molecule has 1 aromatic rings. The molecular formula is C14H18F2N2O2. The van der Waals surface area contributed by atoms with E-state index in [1.165, 1.54) is 6.07 Å². The minimum atomic E-state index is -2.90. The largest absolute Gasteiger partial charge is 0.435 e. The van der Waals surface area contributed by atoms with Gasteiger partial charge >= 0.3 is 6.61 Å². The molecule has 0 aliphatic heterocycles. The van der Waals surface area contributed by atoms with Crippen LogP contribution in [0.3, 0.4) is 0 Å². The highest BCUT2D eigenvalue weighted by atomic mass is 19.3. The SMILES string of the molecule is NCC(NC(=O)Cc1ccccc1OC(F)F)C1CC1. The van der Waals surface area contributed by atoms with Gasteiger partial charge in [-0.3, -0.25) is 4.79 Å². The van der Waals surface area contributed by atoms with Crippen LogP contribution in [-0.2, 0) is 11.2 Å². The lowest BCUT2D eigenvalue weighted by Crippen LogP contribution is -2.42. The predicted octanol–water partition coefficient (Wildman–Crippen LogP) is 1.68. The number of alkyl halides is 2. The number of hydrogen-bond donors (Lipinski definition) is 2. The van der Waals surface area contributed by atoms with E-state index in [9.17, 15) is 13.6 Å². The Balaban J connectivity index is 1.96. The second-order valence-corrected chi connectivity index (χ2v) is 4.91. The van der Waals surface area contributed by atoms with E-state index >= 15 is 0 Å². The van der Waals surface area contributed by atoms with Crippen LogP contribution in [0.2, 0.25) is 0 Å². The normalized spacial score (nSPS) is 16.0. The number of benzene rings is 1. The molecule has 0 heterocycles. The number of amides is 1. The summed E-state index contributed by atoms with van der Waals surface area (Å²) in [6, 6.07) is 6.28. The van der Waals surface area contributed by atoms with Crippen LogP contribution in [0, 0.1) is 5.92 Å². The number of rotatable bonds is 7. The summed E-state index contributed by atoms with van der Waals surface area (Å²) in [7, 11) is 0. The standard InChI is InChI=1S/C14H18F2N2O2/c15-14(16)20-12-4-2-1-3-10(12)7-13(19)18-11(8-17)9-5-6-9/h1-4,9,11,14H,5-8,17H2,(H,18,19). The first-order valence-corrected chi connectivity index (χ1v) is 6.62. The first-order valence-electron chi connectivity index (χ1n) is 6.62. The van der Waals surface area contributed by atoms with Crippen LogP contribution >= 0.6 is 0 Å². The Labute approximate surface area is 116 Å². The molecule has 1 amide bonds. The van der Waals surface area contributed by atoms with Gasteiger partial charge in [-0.2, -0.15) is 8.78 Å². The van der Waals surface area contributed by atoms with Crippen LogP contribution in [0.25, 0.3) is 0 Å². The molecule has 3 N–H and O–H groups in total. The number of halogens is 2. The van der Waals surface area contributed by atoms with Crippen molar-refractivity contribution in [2.75, 3.05) is 6.54 Å². The summed E-state index contributed by atoms with van der Waals surface area (Å²) in [5.74, 6) is 0.266. The van der Waals surface area contributed by atoms with Crippen LogP contribution in [0.5, 0.6) is 5.75 Å². The van der Waals surface area contributed by atoms with Gasteiger partial charge in [-0.1, -0.05) is 18.2 Å². The summed E-state index contributed by atoms with van der Waals surface area (Å²) < 4.78 is 29.0. The minimum absolute atomic E-state index is 0.00606. The number of nitrogens with one attached hydrogen (secondary N) is 1. The van der Waals surface area contributed by atoms with E-state index in [0.29, 0.717) is 18.0 Å². The molecule has 1 atom stereocenters. The summed E-state index contributed by atoms with van der Waals surface area (Å²) in [6.07, 6.45) is 2.16. The highest BCUT2D eigenvalue weighted by Gasteiger charge is 2.31. The summed E-state index contributed by atoms with van der Waals surface area (Å²) in [5, 5.41) is 2.85. The van der Waals surface area contributed by atoms with Crippen molar-refractivity contribution < 1.29 is 18.3 Å². The van der Waals surface area contributed by atoms with Gasteiger partial charge in [0.05, 0.1) is 6.42 Å². The maximum Gasteiger partial charge on any atom is 0.387 e.